The van der Waals surface area contributed by atoms with Crippen LogP contribution in [0.5, 0.6) is 5.75 Å². The summed E-state index contributed by atoms with van der Waals surface area (Å²) in [5.41, 5.74) is 0.428. The summed E-state index contributed by atoms with van der Waals surface area (Å²) in [5, 5.41) is 9.32. The number of rotatable bonds is 6. The number of para-hydroxylation sites is 1. The molecule has 1 aliphatic rings. The standard InChI is InChI=1S/C20H27N3O3/c1-5-14(2)18(20(25)23-12-8-9-15(23)13-21)22(3)19(24)16-10-6-7-11-17(16)26-4/h6-7,10-11,14-15,18H,5,8-9,12H2,1-4H3/t14?,15?,18-/m0/s1. The van der Waals surface area contributed by atoms with Crippen molar-refractivity contribution in [1.82, 2.24) is 9.80 Å². The lowest BCUT2D eigenvalue weighted by Crippen LogP contribution is -2.53. The zero-order valence-corrected chi connectivity index (χ0v) is 15.9. The Kier molecular flexibility index (Phi) is 6.62. The minimum absolute atomic E-state index is 0.0221. The molecule has 6 nitrogen and oxygen atoms in total. The highest BCUT2D eigenvalue weighted by molar-refractivity contribution is 5.99. The molecule has 3 atom stereocenters. The third-order valence-corrected chi connectivity index (χ3v) is 5.20. The number of nitriles is 1. The monoisotopic (exact) mass is 357 g/mol. The van der Waals surface area contributed by atoms with Crippen LogP contribution in [0.4, 0.5) is 0 Å². The number of amides is 2. The van der Waals surface area contributed by atoms with E-state index < -0.39 is 12.1 Å². The molecule has 6 heteroatoms. The molecule has 0 aliphatic carbocycles. The van der Waals surface area contributed by atoms with Crippen LogP contribution in [0, 0.1) is 17.2 Å². The Morgan fingerprint density at radius 3 is 2.73 bits per heavy atom. The third-order valence-electron chi connectivity index (χ3n) is 5.20. The molecule has 1 aliphatic heterocycles. The molecule has 2 rings (SSSR count). The first-order valence-electron chi connectivity index (χ1n) is 9.06. The molecule has 26 heavy (non-hydrogen) atoms. The van der Waals surface area contributed by atoms with Crippen molar-refractivity contribution >= 4 is 11.8 Å². The van der Waals surface area contributed by atoms with Gasteiger partial charge in [-0.3, -0.25) is 9.59 Å². The number of ether oxygens (including phenoxy) is 1. The molecule has 0 bridgehead atoms. The molecule has 0 N–H and O–H groups in total. The van der Waals surface area contributed by atoms with Crippen LogP contribution in [0.3, 0.4) is 0 Å². The summed E-state index contributed by atoms with van der Waals surface area (Å²) in [6.07, 6.45) is 2.27. The van der Waals surface area contributed by atoms with Crippen molar-refractivity contribution in [3.63, 3.8) is 0 Å². The topological polar surface area (TPSA) is 73.6 Å². The average molecular weight is 357 g/mol. The smallest absolute Gasteiger partial charge is 0.258 e. The van der Waals surface area contributed by atoms with Crippen molar-refractivity contribution in [2.24, 2.45) is 5.92 Å². The first-order valence-corrected chi connectivity index (χ1v) is 9.06. The largest absolute Gasteiger partial charge is 0.496 e. The fourth-order valence-electron chi connectivity index (χ4n) is 3.49. The van der Waals surface area contributed by atoms with Gasteiger partial charge in [-0.05, 0) is 30.9 Å². The number of nitrogens with zero attached hydrogens (tertiary/aromatic N) is 3. The summed E-state index contributed by atoms with van der Waals surface area (Å²) in [7, 11) is 3.17. The van der Waals surface area contributed by atoms with Crippen LogP contribution in [0.15, 0.2) is 24.3 Å². The average Bonchev–Trinajstić information content (AvgIpc) is 3.15. The van der Waals surface area contributed by atoms with E-state index in [1.807, 2.05) is 13.8 Å². The Bertz CT molecular complexity index is 698. The van der Waals surface area contributed by atoms with Gasteiger partial charge in [0.15, 0.2) is 0 Å². The zero-order chi connectivity index (χ0) is 19.3. The van der Waals surface area contributed by atoms with E-state index in [2.05, 4.69) is 6.07 Å². The highest BCUT2D eigenvalue weighted by Crippen LogP contribution is 2.26. The molecule has 2 unspecified atom stereocenters. The summed E-state index contributed by atoms with van der Waals surface area (Å²) in [4.78, 5) is 29.4. The van der Waals surface area contributed by atoms with Crippen molar-refractivity contribution in [2.75, 3.05) is 20.7 Å². The predicted molar refractivity (Wildman–Crippen MR) is 98.7 cm³/mol. The van der Waals surface area contributed by atoms with E-state index in [4.69, 9.17) is 4.74 Å². The summed E-state index contributed by atoms with van der Waals surface area (Å²) >= 11 is 0. The van der Waals surface area contributed by atoms with E-state index in [-0.39, 0.29) is 17.7 Å². The molecule has 0 radical (unpaired) electrons. The number of likely N-dealkylation sites (N-methyl/N-ethyl adjacent to an activating group) is 1. The van der Waals surface area contributed by atoms with Crippen molar-refractivity contribution in [1.29, 1.82) is 5.26 Å². The summed E-state index contributed by atoms with van der Waals surface area (Å²) in [6, 6.07) is 8.20. The Morgan fingerprint density at radius 2 is 2.12 bits per heavy atom. The van der Waals surface area contributed by atoms with Gasteiger partial charge in [0.25, 0.3) is 5.91 Å². The van der Waals surface area contributed by atoms with Gasteiger partial charge in [0.05, 0.1) is 18.7 Å². The second-order valence-corrected chi connectivity index (χ2v) is 6.77. The molecular weight excluding hydrogens is 330 g/mol. The van der Waals surface area contributed by atoms with Gasteiger partial charge in [0.2, 0.25) is 5.91 Å². The number of carbonyl (C=O) groups excluding carboxylic acids is 2. The lowest BCUT2D eigenvalue weighted by atomic mass is 9.95. The molecule has 1 heterocycles. The SMILES string of the molecule is CCC(C)[C@@H](C(=O)N1CCCC1C#N)N(C)C(=O)c1ccccc1OC. The van der Waals surface area contributed by atoms with Crippen molar-refractivity contribution in [2.45, 2.75) is 45.2 Å². The van der Waals surface area contributed by atoms with Crippen LogP contribution in [-0.4, -0.2) is 54.4 Å². The van der Waals surface area contributed by atoms with Crippen LogP contribution in [0.1, 0.15) is 43.5 Å². The maximum Gasteiger partial charge on any atom is 0.258 e. The zero-order valence-electron chi connectivity index (χ0n) is 15.9. The number of carbonyl (C=O) groups is 2. The molecule has 2 amide bonds. The normalized spacial score (nSPS) is 18.7. The van der Waals surface area contributed by atoms with Crippen molar-refractivity contribution < 1.29 is 14.3 Å². The Labute approximate surface area is 155 Å². The molecule has 1 aromatic rings. The summed E-state index contributed by atoms with van der Waals surface area (Å²) < 4.78 is 5.29. The number of methoxy groups -OCH3 is 1. The van der Waals surface area contributed by atoms with Gasteiger partial charge in [0, 0.05) is 13.6 Å². The highest BCUT2D eigenvalue weighted by Gasteiger charge is 2.39. The third kappa shape index (κ3) is 3.82. The summed E-state index contributed by atoms with van der Waals surface area (Å²) in [6.45, 7) is 4.53. The van der Waals surface area contributed by atoms with Gasteiger partial charge >= 0.3 is 0 Å². The first kappa shape index (κ1) is 19.8. The first-order chi connectivity index (χ1) is 12.5. The molecular formula is C20H27N3O3. The van der Waals surface area contributed by atoms with Gasteiger partial charge in [-0.2, -0.15) is 5.26 Å². The van der Waals surface area contributed by atoms with Crippen LogP contribution < -0.4 is 4.74 Å². The van der Waals surface area contributed by atoms with E-state index in [0.717, 1.165) is 12.8 Å². The molecule has 0 aromatic heterocycles. The fourth-order valence-corrected chi connectivity index (χ4v) is 3.49. The minimum Gasteiger partial charge on any atom is -0.496 e. The Hall–Kier alpha value is -2.55. The molecule has 1 saturated heterocycles. The molecule has 0 spiro atoms. The van der Waals surface area contributed by atoms with Gasteiger partial charge in [0.1, 0.15) is 17.8 Å². The maximum atomic E-state index is 13.2. The second-order valence-electron chi connectivity index (χ2n) is 6.77. The Balaban J connectivity index is 2.32. The fraction of sp³-hybridized carbons (Fsp3) is 0.550. The van der Waals surface area contributed by atoms with Crippen molar-refractivity contribution in [3.05, 3.63) is 29.8 Å². The molecule has 0 saturated carbocycles. The highest BCUT2D eigenvalue weighted by atomic mass is 16.5. The molecule has 1 fully saturated rings. The van der Waals surface area contributed by atoms with Crippen molar-refractivity contribution in [3.8, 4) is 11.8 Å². The Morgan fingerprint density at radius 1 is 1.42 bits per heavy atom. The van der Waals surface area contributed by atoms with E-state index in [1.54, 1.807) is 36.2 Å². The second kappa shape index (κ2) is 8.70. The quantitative estimate of drug-likeness (QED) is 0.784. The predicted octanol–water partition coefficient (Wildman–Crippen LogP) is 2.70. The van der Waals surface area contributed by atoms with Gasteiger partial charge in [-0.15, -0.1) is 0 Å². The molecule has 140 valence electrons. The van der Waals surface area contributed by atoms with Crippen LogP contribution in [0.2, 0.25) is 0 Å². The van der Waals surface area contributed by atoms with Gasteiger partial charge in [-0.1, -0.05) is 32.4 Å². The lowest BCUT2D eigenvalue weighted by Gasteiger charge is -2.35. The number of hydrogen-bond donors (Lipinski definition) is 0. The maximum absolute atomic E-state index is 13.2. The van der Waals surface area contributed by atoms with Crippen LogP contribution in [0.25, 0.3) is 0 Å². The van der Waals surface area contributed by atoms with Crippen LogP contribution in [-0.2, 0) is 4.79 Å². The van der Waals surface area contributed by atoms with E-state index in [9.17, 15) is 14.9 Å². The number of likely N-dealkylation sites (tertiary alicyclic amines) is 1. The molecule has 1 aromatic carbocycles. The number of hydrogen-bond acceptors (Lipinski definition) is 4. The number of benzene rings is 1. The van der Waals surface area contributed by atoms with E-state index in [1.165, 1.54) is 12.0 Å². The lowest BCUT2D eigenvalue weighted by molar-refractivity contribution is -0.137. The van der Waals surface area contributed by atoms with E-state index in [0.29, 0.717) is 24.3 Å². The van der Waals surface area contributed by atoms with Gasteiger partial charge < -0.3 is 14.5 Å². The van der Waals surface area contributed by atoms with Gasteiger partial charge in [-0.25, -0.2) is 0 Å². The van der Waals surface area contributed by atoms with Crippen LogP contribution >= 0.6 is 0 Å². The minimum atomic E-state index is -0.605. The summed E-state index contributed by atoms with van der Waals surface area (Å²) in [5.74, 6) is 0.0600. The van der Waals surface area contributed by atoms with E-state index >= 15 is 0 Å².